The second-order valence-corrected chi connectivity index (χ2v) is 8.73. The lowest BCUT2D eigenvalue weighted by atomic mass is 10.0. The highest BCUT2D eigenvalue weighted by Gasteiger charge is 2.36. The Morgan fingerprint density at radius 2 is 1.55 bits per heavy atom. The number of carbonyl (C=O) groups excluding carboxylic acids is 4. The molecule has 0 saturated carbocycles. The molecule has 1 aromatic carbocycles. The molecule has 0 atom stereocenters. The summed E-state index contributed by atoms with van der Waals surface area (Å²) < 4.78 is 10.3. The van der Waals surface area contributed by atoms with Crippen LogP contribution in [0.2, 0.25) is 0 Å². The molecular formula is C22H29N3O6. The van der Waals surface area contributed by atoms with Crippen LogP contribution < -0.4 is 0 Å². The van der Waals surface area contributed by atoms with E-state index in [9.17, 15) is 19.2 Å². The van der Waals surface area contributed by atoms with E-state index in [-0.39, 0.29) is 18.5 Å². The van der Waals surface area contributed by atoms with Gasteiger partial charge in [-0.15, -0.1) is 0 Å². The second-order valence-electron chi connectivity index (χ2n) is 8.73. The first kappa shape index (κ1) is 22.6. The van der Waals surface area contributed by atoms with Crippen molar-refractivity contribution in [1.29, 1.82) is 0 Å². The summed E-state index contributed by atoms with van der Waals surface area (Å²) in [5.41, 5.74) is -0.292. The Morgan fingerprint density at radius 1 is 0.903 bits per heavy atom. The van der Waals surface area contributed by atoms with Crippen LogP contribution in [-0.2, 0) is 14.3 Å². The smallest absolute Gasteiger partial charge is 0.417 e. The van der Waals surface area contributed by atoms with Crippen molar-refractivity contribution in [1.82, 2.24) is 14.7 Å². The SMILES string of the molecule is CC(C)(C)OC(=O)N1CCN(C2CCN(C(=O)OC(=O)c3ccccc3)CC2)C(=O)C1. The molecule has 0 unspecified atom stereocenters. The number of piperazine rings is 1. The molecular weight excluding hydrogens is 402 g/mol. The molecule has 2 saturated heterocycles. The van der Waals surface area contributed by atoms with E-state index in [0.29, 0.717) is 44.6 Å². The van der Waals surface area contributed by atoms with E-state index in [1.165, 1.54) is 9.80 Å². The van der Waals surface area contributed by atoms with E-state index in [1.54, 1.807) is 56.0 Å². The van der Waals surface area contributed by atoms with Crippen LogP contribution in [0.1, 0.15) is 44.0 Å². The molecule has 0 aromatic heterocycles. The quantitative estimate of drug-likeness (QED) is 0.527. The largest absolute Gasteiger partial charge is 0.444 e. The first-order chi connectivity index (χ1) is 14.6. The number of benzene rings is 1. The fraction of sp³-hybridized carbons (Fsp3) is 0.545. The van der Waals surface area contributed by atoms with Gasteiger partial charge in [-0.1, -0.05) is 18.2 Å². The van der Waals surface area contributed by atoms with Crippen LogP contribution >= 0.6 is 0 Å². The van der Waals surface area contributed by atoms with Crippen molar-refractivity contribution in [3.05, 3.63) is 35.9 Å². The van der Waals surface area contributed by atoms with Crippen molar-refractivity contribution in [2.24, 2.45) is 0 Å². The summed E-state index contributed by atoms with van der Waals surface area (Å²) in [6.45, 7) is 6.98. The third-order valence-electron chi connectivity index (χ3n) is 5.26. The molecule has 168 valence electrons. The molecule has 31 heavy (non-hydrogen) atoms. The van der Waals surface area contributed by atoms with Gasteiger partial charge in [0.05, 0.1) is 5.56 Å². The molecule has 2 heterocycles. The lowest BCUT2D eigenvalue weighted by Crippen LogP contribution is -2.58. The zero-order chi connectivity index (χ0) is 22.6. The number of esters is 1. The summed E-state index contributed by atoms with van der Waals surface area (Å²) in [4.78, 5) is 53.9. The Hall–Kier alpha value is -3.10. The Balaban J connectivity index is 1.46. The third kappa shape index (κ3) is 5.96. The van der Waals surface area contributed by atoms with Crippen molar-refractivity contribution in [2.45, 2.75) is 45.3 Å². The molecule has 0 aliphatic carbocycles. The van der Waals surface area contributed by atoms with E-state index in [2.05, 4.69) is 0 Å². The van der Waals surface area contributed by atoms with Crippen molar-refractivity contribution >= 4 is 24.1 Å². The highest BCUT2D eigenvalue weighted by Crippen LogP contribution is 2.21. The van der Waals surface area contributed by atoms with E-state index in [0.717, 1.165) is 0 Å². The molecule has 0 bridgehead atoms. The molecule has 0 radical (unpaired) electrons. The van der Waals surface area contributed by atoms with Crippen LogP contribution in [0.25, 0.3) is 0 Å². The first-order valence-electron chi connectivity index (χ1n) is 10.5. The van der Waals surface area contributed by atoms with Crippen LogP contribution in [0.15, 0.2) is 30.3 Å². The van der Waals surface area contributed by atoms with Gasteiger partial charge < -0.3 is 19.3 Å². The molecule has 3 rings (SSSR count). The zero-order valence-corrected chi connectivity index (χ0v) is 18.2. The van der Waals surface area contributed by atoms with Gasteiger partial charge in [-0.3, -0.25) is 9.69 Å². The number of amides is 3. The van der Waals surface area contributed by atoms with E-state index < -0.39 is 23.8 Å². The van der Waals surface area contributed by atoms with Gasteiger partial charge in [0.25, 0.3) is 0 Å². The molecule has 2 aliphatic heterocycles. The summed E-state index contributed by atoms with van der Waals surface area (Å²) in [7, 11) is 0. The van der Waals surface area contributed by atoms with Crippen LogP contribution in [0, 0.1) is 0 Å². The Kier molecular flexibility index (Phi) is 6.82. The topological polar surface area (TPSA) is 96.5 Å². The van der Waals surface area contributed by atoms with Gasteiger partial charge in [0.2, 0.25) is 5.91 Å². The molecule has 3 amide bonds. The number of hydrogen-bond donors (Lipinski definition) is 0. The summed E-state index contributed by atoms with van der Waals surface area (Å²) in [5, 5.41) is 0. The maximum atomic E-state index is 12.6. The Morgan fingerprint density at radius 3 is 2.13 bits per heavy atom. The van der Waals surface area contributed by atoms with Crippen molar-refractivity contribution < 1.29 is 28.7 Å². The van der Waals surface area contributed by atoms with Gasteiger partial charge in [-0.2, -0.15) is 0 Å². The third-order valence-corrected chi connectivity index (χ3v) is 5.26. The summed E-state index contributed by atoms with van der Waals surface area (Å²) in [6.07, 6.45) is 0.0223. The van der Waals surface area contributed by atoms with Gasteiger partial charge in [0.1, 0.15) is 12.1 Å². The van der Waals surface area contributed by atoms with Gasteiger partial charge in [-0.05, 0) is 45.7 Å². The van der Waals surface area contributed by atoms with E-state index in [1.807, 2.05) is 0 Å². The van der Waals surface area contributed by atoms with Gasteiger partial charge in [-0.25, -0.2) is 14.4 Å². The van der Waals surface area contributed by atoms with Crippen LogP contribution in [0.3, 0.4) is 0 Å². The van der Waals surface area contributed by atoms with Gasteiger partial charge in [0.15, 0.2) is 0 Å². The lowest BCUT2D eigenvalue weighted by Gasteiger charge is -2.42. The maximum absolute atomic E-state index is 12.6. The van der Waals surface area contributed by atoms with Gasteiger partial charge in [0, 0.05) is 32.2 Å². The van der Waals surface area contributed by atoms with Crippen LogP contribution in [0.4, 0.5) is 9.59 Å². The number of likely N-dealkylation sites (tertiary alicyclic amines) is 1. The number of hydrogen-bond acceptors (Lipinski definition) is 6. The number of piperidine rings is 1. The first-order valence-corrected chi connectivity index (χ1v) is 10.5. The Labute approximate surface area is 181 Å². The number of ether oxygens (including phenoxy) is 2. The molecule has 9 heteroatoms. The lowest BCUT2D eigenvalue weighted by molar-refractivity contribution is -0.139. The van der Waals surface area contributed by atoms with Crippen molar-refractivity contribution in [3.63, 3.8) is 0 Å². The summed E-state index contributed by atoms with van der Waals surface area (Å²) in [6, 6.07) is 8.34. The summed E-state index contributed by atoms with van der Waals surface area (Å²) in [5.74, 6) is -0.807. The molecule has 2 fully saturated rings. The second kappa shape index (κ2) is 9.36. The number of nitrogens with zero attached hydrogens (tertiary/aromatic N) is 3. The predicted molar refractivity (Wildman–Crippen MR) is 111 cm³/mol. The standard InChI is InChI=1S/C22H29N3O6/c1-22(2,3)31-21(29)24-13-14-25(18(26)15-24)17-9-11-23(12-10-17)20(28)30-19(27)16-7-5-4-6-8-16/h4-8,17H,9-15H2,1-3H3. The number of carbonyl (C=O) groups is 4. The van der Waals surface area contributed by atoms with Gasteiger partial charge >= 0.3 is 18.2 Å². The predicted octanol–water partition coefficient (Wildman–Crippen LogP) is 2.51. The molecule has 9 nitrogen and oxygen atoms in total. The normalized spacial score (nSPS) is 18.0. The molecule has 0 N–H and O–H groups in total. The van der Waals surface area contributed by atoms with Crippen molar-refractivity contribution in [3.8, 4) is 0 Å². The average Bonchev–Trinajstić information content (AvgIpc) is 2.73. The minimum atomic E-state index is -0.679. The zero-order valence-electron chi connectivity index (χ0n) is 18.2. The minimum absolute atomic E-state index is 0.0112. The molecule has 1 aromatic rings. The van der Waals surface area contributed by atoms with Crippen LogP contribution in [0.5, 0.6) is 0 Å². The fourth-order valence-electron chi connectivity index (χ4n) is 3.69. The highest BCUT2D eigenvalue weighted by atomic mass is 16.6. The van der Waals surface area contributed by atoms with E-state index in [4.69, 9.17) is 9.47 Å². The number of rotatable bonds is 2. The summed E-state index contributed by atoms with van der Waals surface area (Å²) >= 11 is 0. The van der Waals surface area contributed by atoms with E-state index >= 15 is 0 Å². The monoisotopic (exact) mass is 431 g/mol. The minimum Gasteiger partial charge on any atom is -0.444 e. The molecule has 2 aliphatic rings. The molecule has 0 spiro atoms. The fourth-order valence-corrected chi connectivity index (χ4v) is 3.69. The Bertz CT molecular complexity index is 827. The maximum Gasteiger partial charge on any atom is 0.417 e. The van der Waals surface area contributed by atoms with Crippen molar-refractivity contribution in [2.75, 3.05) is 32.7 Å². The average molecular weight is 431 g/mol. The highest BCUT2D eigenvalue weighted by molar-refractivity contribution is 5.96. The van der Waals surface area contributed by atoms with Crippen LogP contribution in [-0.4, -0.2) is 83.1 Å².